The Balaban J connectivity index is 1.97. The lowest BCUT2D eigenvalue weighted by Gasteiger charge is -2.07. The molecular formula is C8H12N5O5PS. The highest BCUT2D eigenvalue weighted by Gasteiger charge is 2.13. The lowest BCUT2D eigenvalue weighted by molar-refractivity contribution is 0.132. The van der Waals surface area contributed by atoms with Gasteiger partial charge in [-0.3, -0.25) is 14.3 Å². The lowest BCUT2D eigenvalue weighted by atomic mass is 10.5. The molecule has 10 nitrogen and oxygen atoms in total. The average molecular weight is 321 g/mol. The predicted molar refractivity (Wildman–Crippen MR) is 73.4 cm³/mol. The number of rotatable bonds is 6. The Bertz CT molecular complexity index is 709. The van der Waals surface area contributed by atoms with E-state index >= 15 is 0 Å². The van der Waals surface area contributed by atoms with Gasteiger partial charge in [-0.2, -0.15) is 9.71 Å². The van der Waals surface area contributed by atoms with Crippen LogP contribution in [0.1, 0.15) is 0 Å². The van der Waals surface area contributed by atoms with Crippen LogP contribution in [-0.4, -0.2) is 47.3 Å². The molecule has 2 rings (SSSR count). The Morgan fingerprint density at radius 1 is 1.55 bits per heavy atom. The lowest BCUT2D eigenvalue weighted by Crippen LogP contribution is -2.17. The van der Waals surface area contributed by atoms with E-state index in [1.807, 2.05) is 0 Å². The number of imidazole rings is 1. The zero-order chi connectivity index (χ0) is 14.8. The molecule has 20 heavy (non-hydrogen) atoms. The summed E-state index contributed by atoms with van der Waals surface area (Å²) >= 11 is 1.06. The van der Waals surface area contributed by atoms with Crippen molar-refractivity contribution in [3.05, 3.63) is 16.7 Å². The van der Waals surface area contributed by atoms with E-state index in [9.17, 15) is 9.36 Å². The molecule has 2 heterocycles. The molecule has 0 aromatic carbocycles. The molecule has 0 aliphatic carbocycles. The molecule has 0 atom stereocenters. The fourth-order valence-corrected chi connectivity index (χ4v) is 3.04. The summed E-state index contributed by atoms with van der Waals surface area (Å²) in [5.41, 5.74) is 4.97. The highest BCUT2D eigenvalue weighted by atomic mass is 32.2. The van der Waals surface area contributed by atoms with Crippen molar-refractivity contribution >= 4 is 36.5 Å². The summed E-state index contributed by atoms with van der Waals surface area (Å²) in [5.74, 6) is 0.312. The number of anilines is 1. The first kappa shape index (κ1) is 14.9. The van der Waals surface area contributed by atoms with Gasteiger partial charge in [0.05, 0.1) is 5.49 Å². The maximum Gasteiger partial charge on any atom is 0.335 e. The van der Waals surface area contributed by atoms with Crippen LogP contribution in [0.4, 0.5) is 5.95 Å². The van der Waals surface area contributed by atoms with Gasteiger partial charge < -0.3 is 20.4 Å². The van der Waals surface area contributed by atoms with Crippen molar-refractivity contribution in [1.82, 2.24) is 19.7 Å². The van der Waals surface area contributed by atoms with Crippen molar-refractivity contribution in [2.24, 2.45) is 0 Å². The van der Waals surface area contributed by atoms with Crippen LogP contribution in [0.2, 0.25) is 0 Å². The second kappa shape index (κ2) is 5.83. The van der Waals surface area contributed by atoms with Crippen molar-refractivity contribution in [1.29, 1.82) is 0 Å². The number of H-pyrrole nitrogens is 1. The molecule has 12 heteroatoms. The van der Waals surface area contributed by atoms with Gasteiger partial charge in [0.25, 0.3) is 5.56 Å². The molecule has 0 amide bonds. The Morgan fingerprint density at radius 2 is 2.30 bits per heavy atom. The van der Waals surface area contributed by atoms with E-state index in [-0.39, 0.29) is 29.2 Å². The Morgan fingerprint density at radius 3 is 3.00 bits per heavy atom. The summed E-state index contributed by atoms with van der Waals surface area (Å²) in [6, 6.07) is 0. The van der Waals surface area contributed by atoms with E-state index in [4.69, 9.17) is 20.4 Å². The molecule has 0 aliphatic heterocycles. The SMILES string of the molecule is Nc1nc2c(ncn2OCCSCP(=O)(O)O)c(=O)[nH]1. The number of aromatic amines is 1. The molecule has 5 N–H and O–H groups in total. The van der Waals surface area contributed by atoms with Crippen LogP contribution >= 0.6 is 19.4 Å². The number of nitrogens with two attached hydrogens (primary N) is 1. The second-order valence-electron chi connectivity index (χ2n) is 3.73. The summed E-state index contributed by atoms with van der Waals surface area (Å²) in [5, 5.41) is 0. The fraction of sp³-hybridized carbons (Fsp3) is 0.375. The topological polar surface area (TPSA) is 156 Å². The van der Waals surface area contributed by atoms with E-state index < -0.39 is 13.2 Å². The Labute approximate surface area is 116 Å². The van der Waals surface area contributed by atoms with Crippen LogP contribution < -0.4 is 16.1 Å². The number of fused-ring (bicyclic) bond motifs is 1. The predicted octanol–water partition coefficient (Wildman–Crippen LogP) is -1.00. The number of thioether (sulfide) groups is 1. The number of nitrogens with zero attached hydrogens (tertiary/aromatic N) is 3. The monoisotopic (exact) mass is 321 g/mol. The first-order chi connectivity index (χ1) is 9.37. The molecule has 0 bridgehead atoms. The third kappa shape index (κ3) is 3.73. The zero-order valence-corrected chi connectivity index (χ0v) is 11.8. The van der Waals surface area contributed by atoms with Crippen molar-refractivity contribution in [3.63, 3.8) is 0 Å². The quantitative estimate of drug-likeness (QED) is 0.387. The molecule has 0 radical (unpaired) electrons. The number of nitrogens with one attached hydrogen (secondary N) is 1. The third-order valence-corrected chi connectivity index (χ3v) is 4.64. The van der Waals surface area contributed by atoms with Crippen LogP contribution in [0, 0.1) is 0 Å². The Hall–Kier alpha value is -1.55. The largest absolute Gasteiger partial charge is 0.410 e. The van der Waals surface area contributed by atoms with Gasteiger partial charge in [0.1, 0.15) is 12.9 Å². The van der Waals surface area contributed by atoms with Crippen LogP contribution in [0.5, 0.6) is 0 Å². The van der Waals surface area contributed by atoms with Gasteiger partial charge in [-0.05, 0) is 0 Å². The van der Waals surface area contributed by atoms with Crippen LogP contribution in [0.25, 0.3) is 11.2 Å². The van der Waals surface area contributed by atoms with Crippen LogP contribution in [0.15, 0.2) is 11.1 Å². The molecular weight excluding hydrogens is 309 g/mol. The highest BCUT2D eigenvalue weighted by Crippen LogP contribution is 2.38. The summed E-state index contributed by atoms with van der Waals surface area (Å²) < 4.78 is 11.8. The zero-order valence-electron chi connectivity index (χ0n) is 10.1. The standard InChI is InChI=1S/C8H12N5O5PS/c9-8-11-6-5(7(14)12-8)10-3-13(6)18-1-2-20-4-19(15,16)17/h3H,1-2,4H2,(H2,15,16,17)(H3,9,11,12,14). The van der Waals surface area contributed by atoms with Gasteiger partial charge in [-0.15, -0.1) is 11.8 Å². The minimum atomic E-state index is -4.00. The highest BCUT2D eigenvalue weighted by molar-refractivity contribution is 8.04. The van der Waals surface area contributed by atoms with E-state index in [1.54, 1.807) is 0 Å². The molecule has 0 aliphatic rings. The molecule has 0 spiro atoms. The number of aromatic nitrogens is 4. The van der Waals surface area contributed by atoms with E-state index in [0.717, 1.165) is 11.8 Å². The number of hydrogen-bond acceptors (Lipinski definition) is 7. The summed E-state index contributed by atoms with van der Waals surface area (Å²) in [6.07, 6.45) is 1.28. The van der Waals surface area contributed by atoms with Crippen LogP contribution in [0.3, 0.4) is 0 Å². The van der Waals surface area contributed by atoms with Gasteiger partial charge in [0.15, 0.2) is 5.52 Å². The van der Waals surface area contributed by atoms with Gasteiger partial charge in [-0.1, -0.05) is 0 Å². The average Bonchev–Trinajstić information content (AvgIpc) is 2.70. The maximum absolute atomic E-state index is 11.5. The van der Waals surface area contributed by atoms with Crippen molar-refractivity contribution in [3.8, 4) is 0 Å². The number of nitrogen functional groups attached to an aromatic ring is 1. The molecule has 2 aromatic rings. The molecule has 0 saturated carbocycles. The van der Waals surface area contributed by atoms with Crippen molar-refractivity contribution in [2.75, 3.05) is 23.6 Å². The van der Waals surface area contributed by atoms with Gasteiger partial charge >= 0.3 is 7.60 Å². The molecule has 110 valence electrons. The van der Waals surface area contributed by atoms with Crippen molar-refractivity contribution < 1.29 is 19.2 Å². The van der Waals surface area contributed by atoms with Gasteiger partial charge in [0.2, 0.25) is 11.6 Å². The minimum absolute atomic E-state index is 0.0521. The first-order valence-electron chi connectivity index (χ1n) is 5.35. The first-order valence-corrected chi connectivity index (χ1v) is 8.30. The summed E-state index contributed by atoms with van der Waals surface area (Å²) in [4.78, 5) is 44.2. The molecule has 0 fully saturated rings. The van der Waals surface area contributed by atoms with Gasteiger partial charge in [0, 0.05) is 5.75 Å². The fourth-order valence-electron chi connectivity index (χ4n) is 1.38. The normalized spacial score (nSPS) is 11.9. The third-order valence-electron chi connectivity index (χ3n) is 2.11. The molecule has 0 unspecified atom stereocenters. The molecule has 0 saturated heterocycles. The maximum atomic E-state index is 11.5. The smallest absolute Gasteiger partial charge is 0.335 e. The van der Waals surface area contributed by atoms with Crippen molar-refractivity contribution in [2.45, 2.75) is 0 Å². The van der Waals surface area contributed by atoms with E-state index in [0.29, 0.717) is 5.75 Å². The van der Waals surface area contributed by atoms with Gasteiger partial charge in [-0.25, -0.2) is 4.98 Å². The van der Waals surface area contributed by atoms with E-state index in [1.165, 1.54) is 11.1 Å². The van der Waals surface area contributed by atoms with E-state index in [2.05, 4.69) is 15.0 Å². The molecule has 2 aromatic heterocycles. The minimum Gasteiger partial charge on any atom is -0.410 e. The second-order valence-corrected chi connectivity index (χ2v) is 6.91. The summed E-state index contributed by atoms with van der Waals surface area (Å²) in [7, 11) is -4.00. The summed E-state index contributed by atoms with van der Waals surface area (Å²) in [6.45, 7) is 0.171. The van der Waals surface area contributed by atoms with Crippen LogP contribution in [-0.2, 0) is 4.57 Å². The number of hydrogen-bond donors (Lipinski definition) is 4. The Kier molecular flexibility index (Phi) is 4.33.